The summed E-state index contributed by atoms with van der Waals surface area (Å²) in [4.78, 5) is 15.6. The Bertz CT molecular complexity index is 374. The van der Waals surface area contributed by atoms with Gasteiger partial charge in [-0.1, -0.05) is 0 Å². The second-order valence-electron chi connectivity index (χ2n) is 3.24. The van der Waals surface area contributed by atoms with Gasteiger partial charge in [-0.15, -0.1) is 0 Å². The van der Waals surface area contributed by atoms with Gasteiger partial charge in [0.15, 0.2) is 12.0 Å². The molecule has 1 saturated heterocycles. The summed E-state index contributed by atoms with van der Waals surface area (Å²) in [7, 11) is 0. The van der Waals surface area contributed by atoms with Crippen molar-refractivity contribution in [1.82, 2.24) is 4.98 Å². The van der Waals surface area contributed by atoms with Gasteiger partial charge in [0.1, 0.15) is 0 Å². The summed E-state index contributed by atoms with van der Waals surface area (Å²) in [5.74, 6) is -0.447. The van der Waals surface area contributed by atoms with Gasteiger partial charge < -0.3 is 14.2 Å². The summed E-state index contributed by atoms with van der Waals surface area (Å²) in [6.07, 6.45) is 1.04. The summed E-state index contributed by atoms with van der Waals surface area (Å²) in [5.41, 5.74) is 0.884. The van der Waals surface area contributed by atoms with Crippen LogP contribution in [-0.2, 0) is 14.2 Å². The molecule has 86 valence electrons. The van der Waals surface area contributed by atoms with Crippen molar-refractivity contribution in [2.45, 2.75) is 13.2 Å². The van der Waals surface area contributed by atoms with Gasteiger partial charge in [-0.2, -0.15) is 0 Å². The summed E-state index contributed by atoms with van der Waals surface area (Å²) < 4.78 is 15.6. The number of esters is 1. The maximum atomic E-state index is 11.6. The minimum atomic E-state index is -0.506. The fourth-order valence-electron chi connectivity index (χ4n) is 1.52. The molecule has 1 aliphatic heterocycles. The number of aromatic nitrogens is 1. The summed E-state index contributed by atoms with van der Waals surface area (Å²) >= 11 is 0. The van der Waals surface area contributed by atoms with Gasteiger partial charge in [-0.3, -0.25) is 0 Å². The number of hydrogen-bond donors (Lipinski definition) is 0. The molecule has 2 rings (SSSR count). The van der Waals surface area contributed by atoms with Crippen molar-refractivity contribution in [1.29, 1.82) is 0 Å². The molecule has 5 nitrogen and oxygen atoms in total. The molecule has 2 heterocycles. The van der Waals surface area contributed by atoms with Crippen molar-refractivity contribution in [3.05, 3.63) is 29.6 Å². The van der Waals surface area contributed by atoms with Crippen LogP contribution >= 0.6 is 0 Å². The van der Waals surface area contributed by atoms with Gasteiger partial charge >= 0.3 is 5.97 Å². The lowest BCUT2D eigenvalue weighted by Crippen LogP contribution is -2.13. The zero-order valence-corrected chi connectivity index (χ0v) is 9.01. The molecular formula is C11H13NO4. The van der Waals surface area contributed by atoms with E-state index in [1.807, 2.05) is 0 Å². The Kier molecular flexibility index (Phi) is 3.48. The van der Waals surface area contributed by atoms with E-state index < -0.39 is 12.3 Å². The van der Waals surface area contributed by atoms with E-state index in [1.165, 1.54) is 0 Å². The predicted molar refractivity (Wildman–Crippen MR) is 54.8 cm³/mol. The molecule has 0 aliphatic carbocycles. The Hall–Kier alpha value is -1.46. The van der Waals surface area contributed by atoms with Crippen LogP contribution in [0.1, 0.15) is 29.3 Å². The van der Waals surface area contributed by atoms with Crippen LogP contribution in [0.3, 0.4) is 0 Å². The van der Waals surface area contributed by atoms with E-state index in [1.54, 1.807) is 25.3 Å². The van der Waals surface area contributed by atoms with E-state index in [4.69, 9.17) is 14.2 Å². The third kappa shape index (κ3) is 2.20. The molecule has 0 bridgehead atoms. The number of carbonyl (C=O) groups is 1. The molecule has 0 N–H and O–H groups in total. The van der Waals surface area contributed by atoms with Crippen LogP contribution in [0, 0.1) is 0 Å². The quantitative estimate of drug-likeness (QED) is 0.723. The van der Waals surface area contributed by atoms with Crippen molar-refractivity contribution in [2.75, 3.05) is 19.8 Å². The number of pyridine rings is 1. The van der Waals surface area contributed by atoms with Crippen LogP contribution < -0.4 is 0 Å². The smallest absolute Gasteiger partial charge is 0.357 e. The molecule has 5 heteroatoms. The molecule has 0 unspecified atom stereocenters. The Morgan fingerprint density at radius 2 is 2.31 bits per heavy atom. The molecule has 0 radical (unpaired) electrons. The van der Waals surface area contributed by atoms with Gasteiger partial charge in [-0.05, 0) is 19.1 Å². The summed E-state index contributed by atoms with van der Waals surface area (Å²) in [5, 5.41) is 0. The molecular weight excluding hydrogens is 210 g/mol. The molecule has 0 atom stereocenters. The first kappa shape index (κ1) is 11.0. The Labute approximate surface area is 93.3 Å². The number of rotatable bonds is 3. The van der Waals surface area contributed by atoms with Gasteiger partial charge in [0.05, 0.1) is 19.8 Å². The van der Waals surface area contributed by atoms with E-state index in [9.17, 15) is 4.79 Å². The molecule has 0 aromatic carbocycles. The zero-order valence-electron chi connectivity index (χ0n) is 9.01. The first-order chi connectivity index (χ1) is 7.83. The SMILES string of the molecule is CCOC(=O)c1ncccc1C1OCCO1. The first-order valence-corrected chi connectivity index (χ1v) is 5.18. The maximum Gasteiger partial charge on any atom is 0.357 e. The number of nitrogens with zero attached hydrogens (tertiary/aromatic N) is 1. The standard InChI is InChI=1S/C11H13NO4/c1-2-14-10(13)9-8(4-3-5-12-9)11-15-6-7-16-11/h3-5,11H,2,6-7H2,1H3. The third-order valence-corrected chi connectivity index (χ3v) is 2.18. The van der Waals surface area contributed by atoms with Crippen LogP contribution in [0.5, 0.6) is 0 Å². The van der Waals surface area contributed by atoms with Crippen LogP contribution in [-0.4, -0.2) is 30.8 Å². The van der Waals surface area contributed by atoms with Gasteiger partial charge in [0.25, 0.3) is 0 Å². The van der Waals surface area contributed by atoms with Gasteiger partial charge in [0, 0.05) is 11.8 Å². The summed E-state index contributed by atoms with van der Waals surface area (Å²) in [6, 6.07) is 3.50. The molecule has 1 fully saturated rings. The molecule has 1 aromatic rings. The highest BCUT2D eigenvalue weighted by atomic mass is 16.7. The monoisotopic (exact) mass is 223 g/mol. The summed E-state index contributed by atoms with van der Waals surface area (Å²) in [6.45, 7) is 3.13. The van der Waals surface area contributed by atoms with Crippen molar-refractivity contribution < 1.29 is 19.0 Å². The fourth-order valence-corrected chi connectivity index (χ4v) is 1.52. The molecule has 0 spiro atoms. The van der Waals surface area contributed by atoms with E-state index in [0.29, 0.717) is 25.4 Å². The Morgan fingerprint density at radius 1 is 1.56 bits per heavy atom. The molecule has 1 aromatic heterocycles. The van der Waals surface area contributed by atoms with Crippen molar-refractivity contribution >= 4 is 5.97 Å². The first-order valence-electron chi connectivity index (χ1n) is 5.18. The van der Waals surface area contributed by atoms with Gasteiger partial charge in [0.2, 0.25) is 0 Å². The molecule has 0 saturated carbocycles. The van der Waals surface area contributed by atoms with E-state index in [2.05, 4.69) is 4.98 Å². The normalized spacial score (nSPS) is 16.3. The fraction of sp³-hybridized carbons (Fsp3) is 0.455. The Morgan fingerprint density at radius 3 is 3.00 bits per heavy atom. The van der Waals surface area contributed by atoms with Crippen LogP contribution in [0.4, 0.5) is 0 Å². The minimum Gasteiger partial charge on any atom is -0.461 e. The topological polar surface area (TPSA) is 57.7 Å². The number of carbonyl (C=O) groups excluding carboxylic acids is 1. The van der Waals surface area contributed by atoms with E-state index in [-0.39, 0.29) is 5.69 Å². The lowest BCUT2D eigenvalue weighted by atomic mass is 10.2. The third-order valence-electron chi connectivity index (χ3n) is 2.18. The second kappa shape index (κ2) is 5.05. The second-order valence-corrected chi connectivity index (χ2v) is 3.24. The highest BCUT2D eigenvalue weighted by Gasteiger charge is 2.25. The minimum absolute atomic E-state index is 0.260. The largest absolute Gasteiger partial charge is 0.461 e. The van der Waals surface area contributed by atoms with Crippen molar-refractivity contribution in [3.63, 3.8) is 0 Å². The van der Waals surface area contributed by atoms with E-state index in [0.717, 1.165) is 0 Å². The average molecular weight is 223 g/mol. The predicted octanol–water partition coefficient (Wildman–Crippen LogP) is 1.30. The highest BCUT2D eigenvalue weighted by molar-refractivity contribution is 5.88. The van der Waals surface area contributed by atoms with Crippen LogP contribution in [0.15, 0.2) is 18.3 Å². The molecule has 0 amide bonds. The lowest BCUT2D eigenvalue weighted by molar-refractivity contribution is -0.0452. The molecule has 1 aliphatic rings. The van der Waals surface area contributed by atoms with Gasteiger partial charge in [-0.25, -0.2) is 9.78 Å². The highest BCUT2D eigenvalue weighted by Crippen LogP contribution is 2.25. The number of hydrogen-bond acceptors (Lipinski definition) is 5. The molecule has 16 heavy (non-hydrogen) atoms. The average Bonchev–Trinajstić information content (AvgIpc) is 2.83. The lowest BCUT2D eigenvalue weighted by Gasteiger charge is -2.12. The zero-order chi connectivity index (χ0) is 11.4. The van der Waals surface area contributed by atoms with Crippen LogP contribution in [0.2, 0.25) is 0 Å². The van der Waals surface area contributed by atoms with E-state index >= 15 is 0 Å². The Balaban J connectivity index is 2.26. The van der Waals surface area contributed by atoms with Crippen molar-refractivity contribution in [2.24, 2.45) is 0 Å². The maximum absolute atomic E-state index is 11.6. The van der Waals surface area contributed by atoms with Crippen LogP contribution in [0.25, 0.3) is 0 Å². The number of ether oxygens (including phenoxy) is 3. The van der Waals surface area contributed by atoms with Crippen molar-refractivity contribution in [3.8, 4) is 0 Å².